The quantitative estimate of drug-likeness (QED) is 0.849. The van der Waals surface area contributed by atoms with Gasteiger partial charge in [-0.15, -0.1) is 0 Å². The first-order chi connectivity index (χ1) is 10.3. The molecule has 1 aromatic heterocycles. The molecule has 1 aromatic carbocycles. The van der Waals surface area contributed by atoms with E-state index in [0.717, 1.165) is 44.0 Å². The number of hydrogen-bond donors (Lipinski definition) is 0. The molecule has 0 radical (unpaired) electrons. The van der Waals surface area contributed by atoms with Crippen molar-refractivity contribution in [3.8, 4) is 0 Å². The van der Waals surface area contributed by atoms with Crippen molar-refractivity contribution in [3.05, 3.63) is 30.0 Å². The summed E-state index contributed by atoms with van der Waals surface area (Å²) in [6, 6.07) is 6.95. The van der Waals surface area contributed by atoms with Crippen molar-refractivity contribution in [3.63, 3.8) is 0 Å². The molecule has 0 saturated carbocycles. The van der Waals surface area contributed by atoms with E-state index in [2.05, 4.69) is 36.0 Å². The molecule has 0 N–H and O–H groups in total. The third kappa shape index (κ3) is 2.48. The van der Waals surface area contributed by atoms with Crippen LogP contribution in [-0.4, -0.2) is 35.3 Å². The van der Waals surface area contributed by atoms with Crippen LogP contribution in [0.1, 0.15) is 37.8 Å². The van der Waals surface area contributed by atoms with Gasteiger partial charge in [-0.2, -0.15) is 5.10 Å². The van der Waals surface area contributed by atoms with Gasteiger partial charge in [-0.3, -0.25) is 9.67 Å². The van der Waals surface area contributed by atoms with Crippen LogP contribution in [-0.2, 0) is 4.74 Å². The molecule has 4 rings (SSSR count). The summed E-state index contributed by atoms with van der Waals surface area (Å²) in [5, 5.41) is 5.95. The fourth-order valence-corrected chi connectivity index (χ4v) is 3.19. The molecule has 0 bridgehead atoms. The Morgan fingerprint density at radius 1 is 1.29 bits per heavy atom. The maximum absolute atomic E-state index is 5.46. The van der Waals surface area contributed by atoms with Crippen LogP contribution >= 0.6 is 0 Å². The fraction of sp³-hybridized carbons (Fsp3) is 0.529. The summed E-state index contributed by atoms with van der Waals surface area (Å²) in [5.74, 6) is 0.721. The normalized spacial score (nSPS) is 26.2. The summed E-state index contributed by atoms with van der Waals surface area (Å²) >= 11 is 0. The summed E-state index contributed by atoms with van der Waals surface area (Å²) in [7, 11) is 0. The van der Waals surface area contributed by atoms with Gasteiger partial charge < -0.3 is 4.74 Å². The number of nitrogens with zero attached hydrogens (tertiary/aromatic N) is 3. The van der Waals surface area contributed by atoms with E-state index in [-0.39, 0.29) is 0 Å². The highest BCUT2D eigenvalue weighted by molar-refractivity contribution is 6.03. The van der Waals surface area contributed by atoms with Crippen molar-refractivity contribution >= 4 is 16.6 Å². The second-order valence-corrected chi connectivity index (χ2v) is 6.33. The molecular weight excluding hydrogens is 262 g/mol. The largest absolute Gasteiger partial charge is 0.379 e. The van der Waals surface area contributed by atoms with E-state index < -0.39 is 0 Å². The van der Waals surface area contributed by atoms with Crippen LogP contribution in [0, 0.1) is 5.92 Å². The minimum absolute atomic E-state index is 0.397. The Bertz CT molecular complexity index is 682. The van der Waals surface area contributed by atoms with Gasteiger partial charge in [0.15, 0.2) is 0 Å². The highest BCUT2D eigenvalue weighted by atomic mass is 16.5. The summed E-state index contributed by atoms with van der Waals surface area (Å²) in [6.07, 6.45) is 5.53. The van der Waals surface area contributed by atoms with Gasteiger partial charge in [-0.25, -0.2) is 0 Å². The Kier molecular flexibility index (Phi) is 3.26. The topological polar surface area (TPSA) is 39.4 Å². The first-order valence-electron chi connectivity index (χ1n) is 7.90. The lowest BCUT2D eigenvalue weighted by Gasteiger charge is -2.17. The summed E-state index contributed by atoms with van der Waals surface area (Å²) in [6.45, 7) is 4.86. The second-order valence-electron chi connectivity index (χ2n) is 6.33. The van der Waals surface area contributed by atoms with Crippen molar-refractivity contribution in [2.24, 2.45) is 10.9 Å². The summed E-state index contributed by atoms with van der Waals surface area (Å²) in [4.78, 5) is 4.73. The minimum Gasteiger partial charge on any atom is -0.379 e. The van der Waals surface area contributed by atoms with E-state index >= 15 is 0 Å². The van der Waals surface area contributed by atoms with Gasteiger partial charge in [0.1, 0.15) is 0 Å². The molecule has 4 heteroatoms. The molecule has 4 nitrogen and oxygen atoms in total. The van der Waals surface area contributed by atoms with Crippen LogP contribution in [0.2, 0.25) is 0 Å². The predicted molar refractivity (Wildman–Crippen MR) is 84.0 cm³/mol. The van der Waals surface area contributed by atoms with Gasteiger partial charge in [0, 0.05) is 30.4 Å². The van der Waals surface area contributed by atoms with Gasteiger partial charge in [0.05, 0.1) is 18.2 Å². The summed E-state index contributed by atoms with van der Waals surface area (Å²) < 4.78 is 7.53. The Labute approximate surface area is 124 Å². The molecule has 0 amide bonds. The van der Waals surface area contributed by atoms with E-state index in [0.29, 0.717) is 6.04 Å². The van der Waals surface area contributed by atoms with Crippen molar-refractivity contribution in [1.29, 1.82) is 0 Å². The molecule has 0 aliphatic carbocycles. The van der Waals surface area contributed by atoms with Crippen molar-refractivity contribution in [2.45, 2.75) is 32.2 Å². The van der Waals surface area contributed by atoms with E-state index in [1.54, 1.807) is 0 Å². The van der Waals surface area contributed by atoms with Crippen LogP contribution in [0.15, 0.2) is 29.4 Å². The molecule has 3 heterocycles. The molecule has 21 heavy (non-hydrogen) atoms. The van der Waals surface area contributed by atoms with Crippen molar-refractivity contribution in [1.82, 2.24) is 9.78 Å². The smallest absolute Gasteiger partial charge is 0.0930 e. The average molecular weight is 283 g/mol. The van der Waals surface area contributed by atoms with Gasteiger partial charge >= 0.3 is 0 Å². The highest BCUT2D eigenvalue weighted by Gasteiger charge is 2.19. The zero-order chi connectivity index (χ0) is 14.2. The second kappa shape index (κ2) is 5.26. The van der Waals surface area contributed by atoms with E-state index in [9.17, 15) is 0 Å². The van der Waals surface area contributed by atoms with Crippen LogP contribution in [0.25, 0.3) is 10.9 Å². The molecule has 2 aliphatic rings. The zero-order valence-corrected chi connectivity index (χ0v) is 12.5. The maximum Gasteiger partial charge on any atom is 0.0930 e. The van der Waals surface area contributed by atoms with Gasteiger partial charge in [0.25, 0.3) is 0 Å². The number of ether oxygens (including phenoxy) is 1. The molecule has 2 aliphatic heterocycles. The standard InChI is InChI=1S/C17H21N3O/c1-12-2-5-16(18-9-12)13-3-4-14-10-20(19-17(14)8-13)15-6-7-21-11-15/h3-4,8,10,12,15H,2,5-7,9,11H2,1H3/t12-,15?/m0/s1. The molecule has 1 fully saturated rings. The fourth-order valence-electron chi connectivity index (χ4n) is 3.19. The Hall–Kier alpha value is -1.68. The number of fused-ring (bicyclic) bond motifs is 1. The molecule has 1 saturated heterocycles. The lowest BCUT2D eigenvalue weighted by atomic mass is 9.95. The SMILES string of the molecule is C[C@H]1CCC(c2ccc3cn(C4CCOC4)nc3c2)=NC1. The molecule has 1 unspecified atom stereocenters. The van der Waals surface area contributed by atoms with E-state index in [1.165, 1.54) is 23.1 Å². The Morgan fingerprint density at radius 3 is 3.00 bits per heavy atom. The van der Waals surface area contributed by atoms with Crippen molar-refractivity contribution < 1.29 is 4.74 Å². The number of hydrogen-bond acceptors (Lipinski definition) is 3. The Morgan fingerprint density at radius 2 is 2.24 bits per heavy atom. The highest BCUT2D eigenvalue weighted by Crippen LogP contribution is 2.24. The van der Waals surface area contributed by atoms with Crippen LogP contribution < -0.4 is 0 Å². The lowest BCUT2D eigenvalue weighted by Crippen LogP contribution is -2.14. The van der Waals surface area contributed by atoms with Crippen LogP contribution in [0.3, 0.4) is 0 Å². The molecule has 2 aromatic rings. The number of benzene rings is 1. The molecule has 0 spiro atoms. The van der Waals surface area contributed by atoms with Crippen LogP contribution in [0.5, 0.6) is 0 Å². The number of aromatic nitrogens is 2. The number of aliphatic imine (C=N–C) groups is 1. The van der Waals surface area contributed by atoms with Gasteiger partial charge in [0.2, 0.25) is 0 Å². The first-order valence-corrected chi connectivity index (χ1v) is 7.90. The minimum atomic E-state index is 0.397. The molecule has 110 valence electrons. The van der Waals surface area contributed by atoms with Crippen molar-refractivity contribution in [2.75, 3.05) is 19.8 Å². The average Bonchev–Trinajstić information content (AvgIpc) is 3.16. The monoisotopic (exact) mass is 283 g/mol. The first kappa shape index (κ1) is 13.0. The maximum atomic E-state index is 5.46. The lowest BCUT2D eigenvalue weighted by molar-refractivity contribution is 0.184. The van der Waals surface area contributed by atoms with E-state index in [1.807, 2.05) is 0 Å². The van der Waals surface area contributed by atoms with Gasteiger partial charge in [-0.05, 0) is 36.8 Å². The zero-order valence-electron chi connectivity index (χ0n) is 12.5. The predicted octanol–water partition coefficient (Wildman–Crippen LogP) is 3.22. The van der Waals surface area contributed by atoms with Gasteiger partial charge in [-0.1, -0.05) is 19.1 Å². The molecule has 2 atom stereocenters. The Balaban J connectivity index is 1.66. The number of rotatable bonds is 2. The third-order valence-electron chi connectivity index (χ3n) is 4.61. The van der Waals surface area contributed by atoms with E-state index in [4.69, 9.17) is 14.8 Å². The van der Waals surface area contributed by atoms with Crippen LogP contribution in [0.4, 0.5) is 0 Å². The third-order valence-corrected chi connectivity index (χ3v) is 4.61. The summed E-state index contributed by atoms with van der Waals surface area (Å²) in [5.41, 5.74) is 3.55. The molecular formula is C17H21N3O.